The summed E-state index contributed by atoms with van der Waals surface area (Å²) in [5, 5.41) is 2.76. The number of nitrogen functional groups attached to an aromatic ring is 1. The van der Waals surface area contributed by atoms with Crippen LogP contribution >= 0.6 is 0 Å². The summed E-state index contributed by atoms with van der Waals surface area (Å²) in [4.78, 5) is 11.7. The van der Waals surface area contributed by atoms with Crippen LogP contribution in [0.4, 0.5) is 11.4 Å². The van der Waals surface area contributed by atoms with Crippen LogP contribution in [0.15, 0.2) is 24.3 Å². The van der Waals surface area contributed by atoms with Gasteiger partial charge in [-0.25, -0.2) is 0 Å². The summed E-state index contributed by atoms with van der Waals surface area (Å²) < 4.78 is 5.60. The smallest absolute Gasteiger partial charge is 0.250 e. The van der Waals surface area contributed by atoms with Gasteiger partial charge in [-0.05, 0) is 25.0 Å². The van der Waals surface area contributed by atoms with Gasteiger partial charge in [-0.2, -0.15) is 0 Å². The van der Waals surface area contributed by atoms with Gasteiger partial charge < -0.3 is 15.8 Å². The highest BCUT2D eigenvalue weighted by Gasteiger charge is 2.15. The van der Waals surface area contributed by atoms with Crippen LogP contribution in [0.2, 0.25) is 0 Å². The van der Waals surface area contributed by atoms with Crippen LogP contribution in [0.25, 0.3) is 0 Å². The number of amides is 1. The molecule has 0 atom stereocenters. The lowest BCUT2D eigenvalue weighted by atomic mass is 9.98. The fraction of sp³-hybridized carbons (Fsp3) is 0.500. The first-order valence-corrected chi connectivity index (χ1v) is 6.51. The first-order valence-electron chi connectivity index (χ1n) is 6.51. The Kier molecular flexibility index (Phi) is 4.59. The Labute approximate surface area is 108 Å². The zero-order chi connectivity index (χ0) is 12.8. The van der Waals surface area contributed by atoms with E-state index < -0.39 is 0 Å². The van der Waals surface area contributed by atoms with Crippen LogP contribution in [0.5, 0.6) is 0 Å². The number of nitrogens with two attached hydrogens (primary N) is 1. The van der Waals surface area contributed by atoms with Crippen molar-refractivity contribution in [2.24, 2.45) is 0 Å². The van der Waals surface area contributed by atoms with Crippen LogP contribution in [0, 0.1) is 0 Å². The Balaban J connectivity index is 1.76. The van der Waals surface area contributed by atoms with Crippen molar-refractivity contribution in [2.75, 3.05) is 17.7 Å². The van der Waals surface area contributed by atoms with Crippen molar-refractivity contribution in [3.63, 3.8) is 0 Å². The molecule has 1 saturated carbocycles. The van der Waals surface area contributed by atoms with E-state index in [2.05, 4.69) is 5.32 Å². The molecule has 4 heteroatoms. The molecule has 18 heavy (non-hydrogen) atoms. The Morgan fingerprint density at radius 1 is 1.28 bits per heavy atom. The lowest BCUT2D eigenvalue weighted by molar-refractivity contribution is -0.123. The molecule has 98 valence electrons. The van der Waals surface area contributed by atoms with Crippen LogP contribution in [0.1, 0.15) is 32.1 Å². The van der Waals surface area contributed by atoms with Gasteiger partial charge in [-0.15, -0.1) is 0 Å². The van der Waals surface area contributed by atoms with Crippen LogP contribution in [0.3, 0.4) is 0 Å². The van der Waals surface area contributed by atoms with Crippen molar-refractivity contribution in [1.82, 2.24) is 0 Å². The minimum atomic E-state index is -0.140. The zero-order valence-corrected chi connectivity index (χ0v) is 10.5. The maximum atomic E-state index is 11.7. The molecule has 0 aliphatic heterocycles. The van der Waals surface area contributed by atoms with Gasteiger partial charge in [0.2, 0.25) is 5.91 Å². The van der Waals surface area contributed by atoms with Crippen molar-refractivity contribution < 1.29 is 9.53 Å². The van der Waals surface area contributed by atoms with E-state index in [1.165, 1.54) is 19.3 Å². The molecule has 1 aliphatic carbocycles. The normalized spacial score (nSPS) is 16.4. The zero-order valence-electron chi connectivity index (χ0n) is 10.5. The summed E-state index contributed by atoms with van der Waals surface area (Å²) in [5.41, 5.74) is 6.97. The molecular formula is C14H20N2O2. The predicted molar refractivity (Wildman–Crippen MR) is 72.3 cm³/mol. The molecule has 0 unspecified atom stereocenters. The maximum Gasteiger partial charge on any atom is 0.250 e. The molecule has 2 rings (SSSR count). The topological polar surface area (TPSA) is 64.3 Å². The number of carbonyl (C=O) groups is 1. The standard InChI is InChI=1S/C14H20N2O2/c15-12-8-4-5-9-13(12)16-14(17)10-18-11-6-2-1-3-7-11/h4-5,8-9,11H,1-3,6-7,10,15H2,(H,16,17). The second kappa shape index (κ2) is 6.40. The lowest BCUT2D eigenvalue weighted by Crippen LogP contribution is -2.25. The van der Waals surface area contributed by atoms with E-state index in [1.54, 1.807) is 12.1 Å². The monoisotopic (exact) mass is 248 g/mol. The van der Waals surface area contributed by atoms with Crippen molar-refractivity contribution in [2.45, 2.75) is 38.2 Å². The number of nitrogens with one attached hydrogen (secondary N) is 1. The highest BCUT2D eigenvalue weighted by atomic mass is 16.5. The number of benzene rings is 1. The summed E-state index contributed by atoms with van der Waals surface area (Å²) >= 11 is 0. The van der Waals surface area contributed by atoms with E-state index in [0.29, 0.717) is 11.4 Å². The van der Waals surface area contributed by atoms with Crippen molar-refractivity contribution in [1.29, 1.82) is 0 Å². The second-order valence-electron chi connectivity index (χ2n) is 4.71. The average Bonchev–Trinajstić information content (AvgIpc) is 2.40. The molecule has 1 amide bonds. The number of carbonyl (C=O) groups excluding carboxylic acids is 1. The summed E-state index contributed by atoms with van der Waals surface area (Å²) in [5.74, 6) is -0.140. The Bertz CT molecular complexity index is 401. The molecule has 0 bridgehead atoms. The quantitative estimate of drug-likeness (QED) is 0.805. The summed E-state index contributed by atoms with van der Waals surface area (Å²) in [6.07, 6.45) is 6.09. The van der Waals surface area contributed by atoms with Crippen molar-refractivity contribution in [3.8, 4) is 0 Å². The number of ether oxygens (including phenoxy) is 1. The highest BCUT2D eigenvalue weighted by molar-refractivity contribution is 5.94. The van der Waals surface area contributed by atoms with E-state index in [0.717, 1.165) is 12.8 Å². The fourth-order valence-electron chi connectivity index (χ4n) is 2.22. The van der Waals surface area contributed by atoms with Gasteiger partial charge in [0.25, 0.3) is 0 Å². The largest absolute Gasteiger partial charge is 0.397 e. The van der Waals surface area contributed by atoms with E-state index in [-0.39, 0.29) is 18.6 Å². The van der Waals surface area contributed by atoms with Gasteiger partial charge in [0.15, 0.2) is 0 Å². The minimum Gasteiger partial charge on any atom is -0.397 e. The predicted octanol–water partition coefficient (Wildman–Crippen LogP) is 2.56. The van der Waals surface area contributed by atoms with E-state index >= 15 is 0 Å². The summed E-state index contributed by atoms with van der Waals surface area (Å²) in [6, 6.07) is 7.23. The van der Waals surface area contributed by atoms with Gasteiger partial charge in [0.1, 0.15) is 6.61 Å². The maximum absolute atomic E-state index is 11.7. The Morgan fingerprint density at radius 2 is 2.00 bits per heavy atom. The van der Waals surface area contributed by atoms with E-state index in [1.807, 2.05) is 12.1 Å². The lowest BCUT2D eigenvalue weighted by Gasteiger charge is -2.21. The minimum absolute atomic E-state index is 0.110. The fourth-order valence-corrected chi connectivity index (χ4v) is 2.22. The summed E-state index contributed by atoms with van der Waals surface area (Å²) in [7, 11) is 0. The van der Waals surface area contributed by atoms with Crippen molar-refractivity contribution >= 4 is 17.3 Å². The van der Waals surface area contributed by atoms with Gasteiger partial charge in [-0.1, -0.05) is 31.4 Å². The SMILES string of the molecule is Nc1ccccc1NC(=O)COC1CCCCC1. The number of anilines is 2. The molecule has 1 fully saturated rings. The van der Waals surface area contributed by atoms with Crippen LogP contribution in [-0.4, -0.2) is 18.6 Å². The third-order valence-corrected chi connectivity index (χ3v) is 3.24. The van der Waals surface area contributed by atoms with Crippen molar-refractivity contribution in [3.05, 3.63) is 24.3 Å². The first kappa shape index (κ1) is 12.9. The molecule has 1 aliphatic rings. The van der Waals surface area contributed by atoms with E-state index in [4.69, 9.17) is 10.5 Å². The van der Waals surface area contributed by atoms with Gasteiger partial charge >= 0.3 is 0 Å². The number of para-hydroxylation sites is 2. The molecule has 3 N–H and O–H groups in total. The first-order chi connectivity index (χ1) is 8.75. The Hall–Kier alpha value is -1.55. The molecule has 0 aromatic heterocycles. The van der Waals surface area contributed by atoms with Crippen LogP contribution in [-0.2, 0) is 9.53 Å². The Morgan fingerprint density at radius 3 is 2.72 bits per heavy atom. The summed E-state index contributed by atoms with van der Waals surface area (Å²) in [6.45, 7) is 0.110. The molecule has 0 saturated heterocycles. The van der Waals surface area contributed by atoms with Gasteiger partial charge in [0.05, 0.1) is 17.5 Å². The number of hydrogen-bond acceptors (Lipinski definition) is 3. The van der Waals surface area contributed by atoms with Gasteiger partial charge in [0, 0.05) is 0 Å². The number of rotatable bonds is 4. The molecule has 4 nitrogen and oxygen atoms in total. The highest BCUT2D eigenvalue weighted by Crippen LogP contribution is 2.20. The molecular weight excluding hydrogens is 228 g/mol. The average molecular weight is 248 g/mol. The molecule has 0 spiro atoms. The van der Waals surface area contributed by atoms with Gasteiger partial charge in [-0.3, -0.25) is 4.79 Å². The molecule has 0 heterocycles. The number of hydrogen-bond donors (Lipinski definition) is 2. The molecule has 1 aromatic rings. The molecule has 1 aromatic carbocycles. The van der Waals surface area contributed by atoms with Crippen LogP contribution < -0.4 is 11.1 Å². The molecule has 0 radical (unpaired) electrons. The van der Waals surface area contributed by atoms with E-state index in [9.17, 15) is 4.79 Å². The third kappa shape index (κ3) is 3.74. The second-order valence-corrected chi connectivity index (χ2v) is 4.71. The third-order valence-electron chi connectivity index (χ3n) is 3.24.